The number of benzene rings is 1. The number of piperidine rings is 1. The van der Waals surface area contributed by atoms with Crippen molar-refractivity contribution in [2.75, 3.05) is 31.6 Å². The zero-order valence-corrected chi connectivity index (χ0v) is 15.1. The van der Waals surface area contributed by atoms with Crippen molar-refractivity contribution in [1.29, 1.82) is 0 Å². The Morgan fingerprint density at radius 3 is 2.42 bits per heavy atom. The quantitative estimate of drug-likeness (QED) is 0.833. The molecule has 132 valence electrons. The Morgan fingerprint density at radius 2 is 1.83 bits per heavy atom. The van der Waals surface area contributed by atoms with Gasteiger partial charge in [-0.15, -0.1) is 0 Å². The van der Waals surface area contributed by atoms with Crippen molar-refractivity contribution in [2.24, 2.45) is 0 Å². The molecule has 2 saturated heterocycles. The van der Waals surface area contributed by atoms with Gasteiger partial charge in [0.05, 0.1) is 11.5 Å². The van der Waals surface area contributed by atoms with Crippen molar-refractivity contribution in [2.45, 2.75) is 38.3 Å². The molecule has 2 fully saturated rings. The fraction of sp³-hybridized carbons (Fsp3) is 0.611. The van der Waals surface area contributed by atoms with E-state index in [2.05, 4.69) is 4.90 Å². The number of carbonyl (C=O) groups is 1. The zero-order valence-electron chi connectivity index (χ0n) is 14.3. The van der Waals surface area contributed by atoms with Crippen LogP contribution in [0.2, 0.25) is 0 Å². The molecule has 0 spiro atoms. The van der Waals surface area contributed by atoms with Gasteiger partial charge in [0.1, 0.15) is 0 Å². The van der Waals surface area contributed by atoms with Gasteiger partial charge in [0.25, 0.3) is 5.91 Å². The Hall–Kier alpha value is -1.40. The monoisotopic (exact) mass is 350 g/mol. The smallest absolute Gasteiger partial charge is 0.253 e. The molecule has 0 N–H and O–H groups in total. The van der Waals surface area contributed by atoms with Crippen molar-refractivity contribution in [1.82, 2.24) is 9.80 Å². The molecule has 1 amide bonds. The molecule has 3 rings (SSSR count). The van der Waals surface area contributed by atoms with E-state index < -0.39 is 9.84 Å². The van der Waals surface area contributed by atoms with E-state index in [-0.39, 0.29) is 23.5 Å². The van der Waals surface area contributed by atoms with E-state index in [1.807, 2.05) is 24.3 Å². The number of hydrogen-bond acceptors (Lipinski definition) is 4. The molecule has 5 nitrogen and oxygen atoms in total. The fourth-order valence-electron chi connectivity index (χ4n) is 3.58. The molecule has 6 heteroatoms. The second-order valence-electron chi connectivity index (χ2n) is 7.01. The van der Waals surface area contributed by atoms with E-state index in [1.165, 1.54) is 24.8 Å². The summed E-state index contributed by atoms with van der Waals surface area (Å²) < 4.78 is 23.2. The lowest BCUT2D eigenvalue weighted by Gasteiger charge is -2.26. The summed E-state index contributed by atoms with van der Waals surface area (Å²) in [6.07, 6.45) is 4.40. The minimum Gasteiger partial charge on any atom is -0.338 e. The van der Waals surface area contributed by atoms with Crippen LogP contribution in [0.3, 0.4) is 0 Å². The average molecular weight is 350 g/mol. The SMILES string of the molecule is CN(C(=O)c1ccc(CN2CCCCC2)cc1)C1CCS(=O)(=O)C1. The maximum atomic E-state index is 12.6. The molecule has 1 unspecified atom stereocenters. The Bertz CT molecular complexity index is 679. The molecule has 0 aliphatic carbocycles. The number of amides is 1. The van der Waals surface area contributed by atoms with Gasteiger partial charge in [-0.2, -0.15) is 0 Å². The van der Waals surface area contributed by atoms with Crippen LogP contribution in [0.15, 0.2) is 24.3 Å². The minimum atomic E-state index is -2.98. The lowest BCUT2D eigenvalue weighted by atomic mass is 10.1. The first-order valence-electron chi connectivity index (χ1n) is 8.73. The molecular weight excluding hydrogens is 324 g/mol. The van der Waals surface area contributed by atoms with E-state index in [1.54, 1.807) is 11.9 Å². The maximum Gasteiger partial charge on any atom is 0.253 e. The van der Waals surface area contributed by atoms with Gasteiger partial charge < -0.3 is 4.90 Å². The number of sulfone groups is 1. The van der Waals surface area contributed by atoms with Crippen molar-refractivity contribution >= 4 is 15.7 Å². The number of nitrogens with zero attached hydrogens (tertiary/aromatic N) is 2. The van der Waals surface area contributed by atoms with Gasteiger partial charge in [-0.1, -0.05) is 18.6 Å². The summed E-state index contributed by atoms with van der Waals surface area (Å²) in [6.45, 7) is 3.24. The van der Waals surface area contributed by atoms with E-state index in [0.29, 0.717) is 12.0 Å². The molecule has 2 aliphatic rings. The Kier molecular flexibility index (Phi) is 5.25. The number of rotatable bonds is 4. The van der Waals surface area contributed by atoms with E-state index in [9.17, 15) is 13.2 Å². The predicted molar refractivity (Wildman–Crippen MR) is 94.7 cm³/mol. The zero-order chi connectivity index (χ0) is 17.2. The van der Waals surface area contributed by atoms with Gasteiger partial charge >= 0.3 is 0 Å². The summed E-state index contributed by atoms with van der Waals surface area (Å²) in [6, 6.07) is 7.56. The second-order valence-corrected chi connectivity index (χ2v) is 9.24. The van der Waals surface area contributed by atoms with Gasteiger partial charge in [0.2, 0.25) is 0 Å². The van der Waals surface area contributed by atoms with Crippen LogP contribution in [0.5, 0.6) is 0 Å². The summed E-state index contributed by atoms with van der Waals surface area (Å²) >= 11 is 0. The third-order valence-electron chi connectivity index (χ3n) is 5.13. The minimum absolute atomic E-state index is 0.0856. The van der Waals surface area contributed by atoms with E-state index in [0.717, 1.165) is 19.6 Å². The van der Waals surface area contributed by atoms with Crippen molar-refractivity contribution in [3.05, 3.63) is 35.4 Å². The Labute approximate surface area is 144 Å². The molecule has 1 aromatic carbocycles. The molecular formula is C18H26N2O3S. The summed E-state index contributed by atoms with van der Waals surface area (Å²) in [5.41, 5.74) is 1.85. The van der Waals surface area contributed by atoms with Crippen LogP contribution in [0, 0.1) is 0 Å². The molecule has 1 aromatic rings. The highest BCUT2D eigenvalue weighted by molar-refractivity contribution is 7.91. The highest BCUT2D eigenvalue weighted by atomic mass is 32.2. The fourth-order valence-corrected chi connectivity index (χ4v) is 5.35. The standard InChI is InChI=1S/C18H26N2O3S/c1-19(17-9-12-24(22,23)14-17)18(21)16-7-5-15(6-8-16)13-20-10-3-2-4-11-20/h5-8,17H,2-4,9-14H2,1H3. The first kappa shape index (κ1) is 17.4. The first-order valence-corrected chi connectivity index (χ1v) is 10.6. The lowest BCUT2D eigenvalue weighted by Crippen LogP contribution is -2.37. The third-order valence-corrected chi connectivity index (χ3v) is 6.88. The summed E-state index contributed by atoms with van der Waals surface area (Å²) in [5, 5.41) is 0. The molecule has 1 atom stereocenters. The topological polar surface area (TPSA) is 57.7 Å². The molecule has 0 radical (unpaired) electrons. The van der Waals surface area contributed by atoms with Gasteiger partial charge in [-0.05, 0) is 50.0 Å². The maximum absolute atomic E-state index is 12.6. The van der Waals surface area contributed by atoms with Gasteiger partial charge in [-0.25, -0.2) is 8.42 Å². The normalized spacial score (nSPS) is 24.0. The van der Waals surface area contributed by atoms with Gasteiger partial charge in [-0.3, -0.25) is 9.69 Å². The van der Waals surface area contributed by atoms with Crippen LogP contribution in [0.25, 0.3) is 0 Å². The largest absolute Gasteiger partial charge is 0.338 e. The number of carbonyl (C=O) groups excluding carboxylic acids is 1. The Morgan fingerprint density at radius 1 is 1.17 bits per heavy atom. The molecule has 0 bridgehead atoms. The predicted octanol–water partition coefficient (Wildman–Crippen LogP) is 1.93. The van der Waals surface area contributed by atoms with Gasteiger partial charge in [0, 0.05) is 25.2 Å². The van der Waals surface area contributed by atoms with Crippen LogP contribution < -0.4 is 0 Å². The van der Waals surface area contributed by atoms with Gasteiger partial charge in [0.15, 0.2) is 9.84 Å². The van der Waals surface area contributed by atoms with Crippen molar-refractivity contribution < 1.29 is 13.2 Å². The highest BCUT2D eigenvalue weighted by Crippen LogP contribution is 2.19. The van der Waals surface area contributed by atoms with Crippen LogP contribution in [0.4, 0.5) is 0 Å². The Balaban J connectivity index is 1.61. The summed E-state index contributed by atoms with van der Waals surface area (Å²) in [4.78, 5) is 16.6. The molecule has 2 aliphatic heterocycles. The van der Waals surface area contributed by atoms with Crippen LogP contribution in [0.1, 0.15) is 41.6 Å². The highest BCUT2D eigenvalue weighted by Gasteiger charge is 2.33. The van der Waals surface area contributed by atoms with Crippen LogP contribution >= 0.6 is 0 Å². The molecule has 0 aromatic heterocycles. The number of likely N-dealkylation sites (tertiary alicyclic amines) is 1. The van der Waals surface area contributed by atoms with E-state index in [4.69, 9.17) is 0 Å². The van der Waals surface area contributed by atoms with Crippen molar-refractivity contribution in [3.63, 3.8) is 0 Å². The third kappa shape index (κ3) is 4.16. The lowest BCUT2D eigenvalue weighted by molar-refractivity contribution is 0.0747. The van der Waals surface area contributed by atoms with E-state index >= 15 is 0 Å². The molecule has 24 heavy (non-hydrogen) atoms. The van der Waals surface area contributed by atoms with Crippen molar-refractivity contribution in [3.8, 4) is 0 Å². The second kappa shape index (κ2) is 7.23. The first-order chi connectivity index (χ1) is 11.4. The molecule has 2 heterocycles. The average Bonchev–Trinajstić information content (AvgIpc) is 2.95. The summed E-state index contributed by atoms with van der Waals surface area (Å²) in [7, 11) is -1.27. The number of hydrogen-bond donors (Lipinski definition) is 0. The summed E-state index contributed by atoms with van der Waals surface area (Å²) in [5.74, 6) is 0.174. The van der Waals surface area contributed by atoms with Crippen LogP contribution in [-0.4, -0.2) is 61.8 Å². The molecule has 0 saturated carbocycles. The van der Waals surface area contributed by atoms with Crippen LogP contribution in [-0.2, 0) is 16.4 Å².